The minimum atomic E-state index is -0.714. The van der Waals surface area contributed by atoms with E-state index in [1.54, 1.807) is 13.3 Å². The lowest BCUT2D eigenvalue weighted by molar-refractivity contribution is 0.415. The molecule has 0 fully saturated rings. The molecule has 2 heterocycles. The van der Waals surface area contributed by atoms with Crippen LogP contribution in [0.2, 0.25) is 0 Å². The monoisotopic (exact) mass is 333 g/mol. The van der Waals surface area contributed by atoms with Crippen molar-refractivity contribution < 1.29 is 4.74 Å². The van der Waals surface area contributed by atoms with Gasteiger partial charge in [-0.25, -0.2) is 4.98 Å². The SMILES string of the molecule is COc1ccc(-c2cnc3c(C4(N)C=CC(N)=CC4)nccn23)cc1. The fraction of sp³-hybridized carbons (Fsp3) is 0.158. The summed E-state index contributed by atoms with van der Waals surface area (Å²) in [7, 11) is 1.65. The molecule has 1 aliphatic carbocycles. The van der Waals surface area contributed by atoms with Crippen LogP contribution in [0.3, 0.4) is 0 Å². The van der Waals surface area contributed by atoms with Crippen LogP contribution in [0.1, 0.15) is 12.1 Å². The Morgan fingerprint density at radius 2 is 2.00 bits per heavy atom. The second-order valence-corrected chi connectivity index (χ2v) is 6.12. The summed E-state index contributed by atoms with van der Waals surface area (Å²) < 4.78 is 7.23. The number of ether oxygens (including phenoxy) is 1. The van der Waals surface area contributed by atoms with Gasteiger partial charge in [-0.05, 0) is 36.8 Å². The summed E-state index contributed by atoms with van der Waals surface area (Å²) in [6.45, 7) is 0. The molecule has 6 heteroatoms. The van der Waals surface area contributed by atoms with Gasteiger partial charge in [0.15, 0.2) is 5.65 Å². The van der Waals surface area contributed by atoms with Crippen LogP contribution in [0.15, 0.2) is 66.8 Å². The number of hydrogen-bond acceptors (Lipinski definition) is 5. The van der Waals surface area contributed by atoms with E-state index >= 15 is 0 Å². The van der Waals surface area contributed by atoms with Crippen LogP contribution in [0.25, 0.3) is 16.9 Å². The predicted octanol–water partition coefficient (Wildman–Crippen LogP) is 2.36. The van der Waals surface area contributed by atoms with Crippen LogP contribution in [0.4, 0.5) is 0 Å². The van der Waals surface area contributed by atoms with Crippen LogP contribution < -0.4 is 16.2 Å². The summed E-state index contributed by atoms with van der Waals surface area (Å²) in [5.74, 6) is 0.817. The van der Waals surface area contributed by atoms with Gasteiger partial charge in [0.05, 0.1) is 24.5 Å². The van der Waals surface area contributed by atoms with Gasteiger partial charge in [-0.2, -0.15) is 0 Å². The van der Waals surface area contributed by atoms with E-state index in [0.29, 0.717) is 6.42 Å². The molecule has 0 radical (unpaired) electrons. The van der Waals surface area contributed by atoms with Gasteiger partial charge in [0, 0.05) is 23.7 Å². The molecule has 126 valence electrons. The first kappa shape index (κ1) is 15.4. The summed E-state index contributed by atoms with van der Waals surface area (Å²) >= 11 is 0. The largest absolute Gasteiger partial charge is 0.497 e. The molecule has 25 heavy (non-hydrogen) atoms. The molecule has 0 amide bonds. The molecule has 3 aromatic rings. The molecule has 0 bridgehead atoms. The predicted molar refractivity (Wildman–Crippen MR) is 96.9 cm³/mol. The van der Waals surface area contributed by atoms with E-state index in [1.807, 2.05) is 59.3 Å². The van der Waals surface area contributed by atoms with Crippen molar-refractivity contribution in [3.63, 3.8) is 0 Å². The van der Waals surface area contributed by atoms with Crippen molar-refractivity contribution in [1.29, 1.82) is 0 Å². The van der Waals surface area contributed by atoms with E-state index in [1.165, 1.54) is 0 Å². The molecule has 6 nitrogen and oxygen atoms in total. The molecule has 4 rings (SSSR count). The number of hydrogen-bond donors (Lipinski definition) is 2. The van der Waals surface area contributed by atoms with Crippen molar-refractivity contribution in [2.45, 2.75) is 12.0 Å². The fourth-order valence-electron chi connectivity index (χ4n) is 3.07. The van der Waals surface area contributed by atoms with Crippen molar-refractivity contribution in [3.8, 4) is 17.0 Å². The molecule has 1 atom stereocenters. The van der Waals surface area contributed by atoms with Gasteiger partial charge in [0.1, 0.15) is 11.4 Å². The fourth-order valence-corrected chi connectivity index (χ4v) is 3.07. The number of allylic oxidation sites excluding steroid dienone is 1. The van der Waals surface area contributed by atoms with E-state index in [9.17, 15) is 0 Å². The number of benzene rings is 1. The normalized spacial score (nSPS) is 19.8. The molecule has 0 saturated carbocycles. The zero-order chi connectivity index (χ0) is 17.4. The molecule has 0 saturated heterocycles. The molecule has 0 spiro atoms. The first-order valence-corrected chi connectivity index (χ1v) is 8.01. The number of aromatic nitrogens is 3. The van der Waals surface area contributed by atoms with Gasteiger partial charge in [0.2, 0.25) is 0 Å². The molecule has 4 N–H and O–H groups in total. The molecular weight excluding hydrogens is 314 g/mol. The van der Waals surface area contributed by atoms with Gasteiger partial charge in [-0.3, -0.25) is 9.38 Å². The molecule has 0 aliphatic heterocycles. The standard InChI is InChI=1S/C19H19N5O/c1-25-15-4-2-13(3-5-15)16-12-23-18-17(22-10-11-24(16)18)19(21)8-6-14(20)7-9-19/h2-8,10-12H,9,20-21H2,1H3. The third-order valence-corrected chi connectivity index (χ3v) is 4.50. The van der Waals surface area contributed by atoms with Crippen LogP contribution in [0, 0.1) is 0 Å². The quantitative estimate of drug-likeness (QED) is 0.768. The lowest BCUT2D eigenvalue weighted by Gasteiger charge is -2.26. The summed E-state index contributed by atoms with van der Waals surface area (Å²) in [5.41, 5.74) is 15.9. The maximum Gasteiger partial charge on any atom is 0.161 e. The first-order valence-electron chi connectivity index (χ1n) is 8.01. The minimum absolute atomic E-state index is 0.590. The molecule has 1 unspecified atom stereocenters. The Morgan fingerprint density at radius 1 is 1.20 bits per heavy atom. The van der Waals surface area contributed by atoms with Gasteiger partial charge < -0.3 is 16.2 Å². The third kappa shape index (κ3) is 2.56. The van der Waals surface area contributed by atoms with Crippen LogP contribution in [-0.2, 0) is 5.54 Å². The Hall–Kier alpha value is -3.12. The van der Waals surface area contributed by atoms with Crippen molar-refractivity contribution in [3.05, 3.63) is 72.5 Å². The van der Waals surface area contributed by atoms with Crippen molar-refractivity contribution in [1.82, 2.24) is 14.4 Å². The van der Waals surface area contributed by atoms with Crippen molar-refractivity contribution >= 4 is 5.65 Å². The van der Waals surface area contributed by atoms with E-state index in [2.05, 4.69) is 9.97 Å². The smallest absolute Gasteiger partial charge is 0.161 e. The summed E-state index contributed by atoms with van der Waals surface area (Å²) in [5, 5.41) is 0. The number of rotatable bonds is 3. The lowest BCUT2D eigenvalue weighted by atomic mass is 9.88. The maximum absolute atomic E-state index is 6.58. The summed E-state index contributed by atoms with van der Waals surface area (Å²) in [6.07, 6.45) is 11.7. The zero-order valence-corrected chi connectivity index (χ0v) is 13.9. The molecule has 1 aromatic carbocycles. The Morgan fingerprint density at radius 3 is 2.68 bits per heavy atom. The van der Waals surface area contributed by atoms with Gasteiger partial charge in [-0.1, -0.05) is 12.2 Å². The minimum Gasteiger partial charge on any atom is -0.497 e. The molecule has 2 aromatic heterocycles. The topological polar surface area (TPSA) is 91.5 Å². The van der Waals surface area contributed by atoms with Crippen LogP contribution in [-0.4, -0.2) is 21.5 Å². The number of nitrogens with two attached hydrogens (primary N) is 2. The highest BCUT2D eigenvalue weighted by molar-refractivity contribution is 5.66. The third-order valence-electron chi connectivity index (χ3n) is 4.50. The van der Waals surface area contributed by atoms with Gasteiger partial charge in [-0.15, -0.1) is 0 Å². The van der Waals surface area contributed by atoms with E-state index < -0.39 is 5.54 Å². The number of fused-ring (bicyclic) bond motifs is 1. The van der Waals surface area contributed by atoms with Crippen molar-refractivity contribution in [2.75, 3.05) is 7.11 Å². The summed E-state index contributed by atoms with van der Waals surface area (Å²) in [6, 6.07) is 7.87. The Balaban J connectivity index is 1.82. The zero-order valence-electron chi connectivity index (χ0n) is 13.9. The Labute approximate surface area is 145 Å². The number of nitrogens with zero attached hydrogens (tertiary/aromatic N) is 3. The van der Waals surface area contributed by atoms with E-state index in [0.717, 1.165) is 34.0 Å². The van der Waals surface area contributed by atoms with Gasteiger partial charge in [0.25, 0.3) is 0 Å². The van der Waals surface area contributed by atoms with Crippen molar-refractivity contribution in [2.24, 2.45) is 11.5 Å². The average molecular weight is 333 g/mol. The van der Waals surface area contributed by atoms with Gasteiger partial charge >= 0.3 is 0 Å². The molecular formula is C19H19N5O. The van der Waals surface area contributed by atoms with E-state index in [4.69, 9.17) is 16.2 Å². The Bertz CT molecular complexity index is 987. The van der Waals surface area contributed by atoms with E-state index in [-0.39, 0.29) is 0 Å². The highest BCUT2D eigenvalue weighted by Crippen LogP contribution is 2.31. The average Bonchev–Trinajstić information content (AvgIpc) is 3.08. The number of imidazole rings is 1. The Kier molecular flexibility index (Phi) is 3.54. The highest BCUT2D eigenvalue weighted by atomic mass is 16.5. The second-order valence-electron chi connectivity index (χ2n) is 6.12. The lowest BCUT2D eigenvalue weighted by Crippen LogP contribution is -2.37. The number of methoxy groups -OCH3 is 1. The summed E-state index contributed by atoms with van der Waals surface area (Å²) in [4.78, 5) is 9.09. The first-order chi connectivity index (χ1) is 12.1. The maximum atomic E-state index is 6.58. The highest BCUT2D eigenvalue weighted by Gasteiger charge is 2.30. The van der Waals surface area contributed by atoms with Crippen LogP contribution in [0.5, 0.6) is 5.75 Å². The molecule has 1 aliphatic rings. The van der Waals surface area contributed by atoms with Crippen LogP contribution >= 0.6 is 0 Å². The second kappa shape index (κ2) is 5.75.